The summed E-state index contributed by atoms with van der Waals surface area (Å²) in [5.74, 6) is 0.332. The molecular weight excluding hydrogens is 337 g/mol. The van der Waals surface area contributed by atoms with Crippen molar-refractivity contribution >= 4 is 0 Å². The molecule has 0 spiro atoms. The van der Waals surface area contributed by atoms with Gasteiger partial charge in [0.05, 0.1) is 5.69 Å². The first-order valence-electron chi connectivity index (χ1n) is 9.82. The minimum Gasteiger partial charge on any atom is -0.360 e. The summed E-state index contributed by atoms with van der Waals surface area (Å²) in [5.41, 5.74) is 5.89. The molecule has 5 rings (SSSR count). The minimum atomic E-state index is -0.206. The molecule has 2 fully saturated rings. The van der Waals surface area contributed by atoms with Gasteiger partial charge >= 0.3 is 0 Å². The fraction of sp³-hybridized carbons (Fsp3) is 0.348. The molecule has 0 aliphatic carbocycles. The van der Waals surface area contributed by atoms with Gasteiger partial charge in [0.25, 0.3) is 0 Å². The topological polar surface area (TPSA) is 31.9 Å². The Morgan fingerprint density at radius 2 is 1.81 bits per heavy atom. The van der Waals surface area contributed by atoms with Crippen LogP contribution < -0.4 is 0 Å². The summed E-state index contributed by atoms with van der Waals surface area (Å²) in [6.07, 6.45) is 11.0. The van der Waals surface area contributed by atoms with Crippen LogP contribution in [0.5, 0.6) is 0 Å². The predicted molar refractivity (Wildman–Crippen MR) is 106 cm³/mol. The van der Waals surface area contributed by atoms with Gasteiger partial charge in [-0.2, -0.15) is 0 Å². The van der Waals surface area contributed by atoms with Crippen LogP contribution in [0, 0.1) is 5.82 Å². The van der Waals surface area contributed by atoms with Gasteiger partial charge in [0, 0.05) is 42.2 Å². The normalized spacial score (nSPS) is 25.0. The number of hydrogen-bond acceptors (Lipinski definition) is 2. The standard InChI is InChI=1S/C23H24FN3/c1-27-18-3-2-4-21(27)19(13-18)20-14-26-23(16-5-7-17(24)8-6-16)22(20)15-9-11-25-12-10-15/h5-12,14,18-19,21,26H,2-4,13H2,1H3. The number of nitrogens with one attached hydrogen (secondary N) is 1. The number of benzene rings is 1. The molecule has 2 aromatic heterocycles. The van der Waals surface area contributed by atoms with Gasteiger partial charge in [0.1, 0.15) is 5.82 Å². The van der Waals surface area contributed by atoms with E-state index in [-0.39, 0.29) is 5.82 Å². The molecule has 0 saturated carbocycles. The Labute approximate surface area is 159 Å². The summed E-state index contributed by atoms with van der Waals surface area (Å²) in [4.78, 5) is 10.3. The Morgan fingerprint density at radius 1 is 1.04 bits per heavy atom. The zero-order valence-corrected chi connectivity index (χ0v) is 15.5. The van der Waals surface area contributed by atoms with Crippen LogP contribution in [0.1, 0.15) is 37.2 Å². The average Bonchev–Trinajstić information content (AvgIpc) is 3.17. The van der Waals surface area contributed by atoms with E-state index in [1.807, 2.05) is 24.5 Å². The lowest BCUT2D eigenvalue weighted by Gasteiger charge is -2.32. The Kier molecular flexibility index (Phi) is 4.09. The number of halogens is 1. The second-order valence-corrected chi connectivity index (χ2v) is 7.90. The van der Waals surface area contributed by atoms with Crippen LogP contribution in [-0.4, -0.2) is 34.0 Å². The lowest BCUT2D eigenvalue weighted by atomic mass is 9.86. The van der Waals surface area contributed by atoms with Gasteiger partial charge in [0.2, 0.25) is 0 Å². The van der Waals surface area contributed by atoms with E-state index in [1.165, 1.54) is 54.5 Å². The van der Waals surface area contributed by atoms with Gasteiger partial charge in [-0.3, -0.25) is 9.88 Å². The van der Waals surface area contributed by atoms with Crippen molar-refractivity contribution in [1.29, 1.82) is 0 Å². The fourth-order valence-corrected chi connectivity index (χ4v) is 5.20. The van der Waals surface area contributed by atoms with Crippen LogP contribution in [-0.2, 0) is 0 Å². The van der Waals surface area contributed by atoms with E-state index in [0.29, 0.717) is 18.0 Å². The van der Waals surface area contributed by atoms with Crippen molar-refractivity contribution in [2.45, 2.75) is 43.7 Å². The number of likely N-dealkylation sites (N-methyl/N-ethyl adjacent to an activating group) is 1. The molecule has 3 unspecified atom stereocenters. The number of H-pyrrole nitrogens is 1. The van der Waals surface area contributed by atoms with Gasteiger partial charge in [0.15, 0.2) is 0 Å². The highest BCUT2D eigenvalue weighted by Gasteiger charge is 2.43. The van der Waals surface area contributed by atoms with E-state index in [4.69, 9.17) is 0 Å². The van der Waals surface area contributed by atoms with Gasteiger partial charge in [-0.25, -0.2) is 4.39 Å². The van der Waals surface area contributed by atoms with Gasteiger partial charge < -0.3 is 4.98 Å². The number of fused-ring (bicyclic) bond motifs is 2. The van der Waals surface area contributed by atoms with E-state index in [0.717, 1.165) is 11.3 Å². The molecule has 2 aliphatic heterocycles. The summed E-state index contributed by atoms with van der Waals surface area (Å²) < 4.78 is 13.4. The van der Waals surface area contributed by atoms with E-state index in [1.54, 1.807) is 0 Å². The van der Waals surface area contributed by atoms with Crippen molar-refractivity contribution in [1.82, 2.24) is 14.9 Å². The van der Waals surface area contributed by atoms with Crippen molar-refractivity contribution in [2.75, 3.05) is 7.05 Å². The molecule has 0 amide bonds. The molecule has 2 aliphatic rings. The number of pyridine rings is 1. The van der Waals surface area contributed by atoms with Crippen LogP contribution in [0.2, 0.25) is 0 Å². The molecular formula is C23H24FN3. The minimum absolute atomic E-state index is 0.206. The van der Waals surface area contributed by atoms with Crippen molar-refractivity contribution in [3.05, 3.63) is 66.4 Å². The Balaban J connectivity index is 1.65. The first-order valence-corrected chi connectivity index (χ1v) is 9.82. The SMILES string of the molecule is CN1C2CCCC1C(c1c[nH]c(-c3ccc(F)cc3)c1-c1ccncc1)C2. The third-order valence-electron chi connectivity index (χ3n) is 6.54. The Morgan fingerprint density at radius 3 is 2.56 bits per heavy atom. The van der Waals surface area contributed by atoms with Crippen LogP contribution in [0.4, 0.5) is 4.39 Å². The van der Waals surface area contributed by atoms with Crippen molar-refractivity contribution in [3.8, 4) is 22.4 Å². The second-order valence-electron chi connectivity index (χ2n) is 7.90. The molecule has 1 aromatic carbocycles. The maximum atomic E-state index is 13.4. The first-order chi connectivity index (χ1) is 13.2. The lowest BCUT2D eigenvalue weighted by Crippen LogP contribution is -2.37. The van der Waals surface area contributed by atoms with Gasteiger partial charge in [-0.15, -0.1) is 0 Å². The maximum Gasteiger partial charge on any atom is 0.123 e. The third kappa shape index (κ3) is 2.79. The smallest absolute Gasteiger partial charge is 0.123 e. The first kappa shape index (κ1) is 16.7. The molecule has 3 atom stereocenters. The molecule has 0 radical (unpaired) electrons. The summed E-state index contributed by atoms with van der Waals surface area (Å²) in [7, 11) is 2.29. The zero-order chi connectivity index (χ0) is 18.4. The van der Waals surface area contributed by atoms with Crippen LogP contribution in [0.15, 0.2) is 55.0 Å². The van der Waals surface area contributed by atoms with Gasteiger partial charge in [-0.1, -0.05) is 6.42 Å². The fourth-order valence-electron chi connectivity index (χ4n) is 5.20. The maximum absolute atomic E-state index is 13.4. The van der Waals surface area contributed by atoms with Crippen LogP contribution in [0.3, 0.4) is 0 Å². The van der Waals surface area contributed by atoms with E-state index in [2.05, 4.69) is 40.2 Å². The van der Waals surface area contributed by atoms with E-state index in [9.17, 15) is 4.39 Å². The Hall–Kier alpha value is -2.46. The molecule has 1 N–H and O–H groups in total. The molecule has 3 aromatic rings. The largest absolute Gasteiger partial charge is 0.360 e. The van der Waals surface area contributed by atoms with Crippen molar-refractivity contribution < 1.29 is 4.39 Å². The number of aromatic nitrogens is 2. The molecule has 4 heterocycles. The number of nitrogens with zero attached hydrogens (tertiary/aromatic N) is 2. The van der Waals surface area contributed by atoms with E-state index >= 15 is 0 Å². The highest BCUT2D eigenvalue weighted by Crippen LogP contribution is 2.48. The molecule has 2 bridgehead atoms. The highest BCUT2D eigenvalue weighted by molar-refractivity contribution is 5.84. The molecule has 3 nitrogen and oxygen atoms in total. The van der Waals surface area contributed by atoms with Crippen LogP contribution >= 0.6 is 0 Å². The predicted octanol–water partition coefficient (Wildman–Crippen LogP) is 5.22. The number of aromatic amines is 1. The van der Waals surface area contributed by atoms with Gasteiger partial charge in [-0.05, 0) is 79.4 Å². The monoisotopic (exact) mass is 361 g/mol. The summed E-state index contributed by atoms with van der Waals surface area (Å²) in [6.45, 7) is 0. The number of rotatable bonds is 3. The quantitative estimate of drug-likeness (QED) is 0.693. The van der Waals surface area contributed by atoms with Crippen LogP contribution in [0.25, 0.3) is 22.4 Å². The highest BCUT2D eigenvalue weighted by atomic mass is 19.1. The third-order valence-corrected chi connectivity index (χ3v) is 6.54. The average molecular weight is 361 g/mol. The lowest BCUT2D eigenvalue weighted by molar-refractivity contribution is 0.174. The molecule has 4 heteroatoms. The molecule has 138 valence electrons. The second kappa shape index (κ2) is 6.61. The molecule has 27 heavy (non-hydrogen) atoms. The number of piperidine rings is 1. The van der Waals surface area contributed by atoms with E-state index < -0.39 is 0 Å². The van der Waals surface area contributed by atoms with Crippen molar-refractivity contribution in [3.63, 3.8) is 0 Å². The molecule has 2 saturated heterocycles. The zero-order valence-electron chi connectivity index (χ0n) is 15.5. The summed E-state index contributed by atoms with van der Waals surface area (Å²) >= 11 is 0. The summed E-state index contributed by atoms with van der Waals surface area (Å²) in [5, 5.41) is 0. The van der Waals surface area contributed by atoms with Crippen molar-refractivity contribution in [2.24, 2.45) is 0 Å². The summed E-state index contributed by atoms with van der Waals surface area (Å²) in [6, 6.07) is 12.2. The number of hydrogen-bond donors (Lipinski definition) is 1. The Bertz CT molecular complexity index is 932.